The SMILES string of the molecule is NS(=O)(=O)C[C@H]1CCCN1. The minimum atomic E-state index is -3.27. The van der Waals surface area contributed by atoms with Crippen LogP contribution in [0.5, 0.6) is 0 Å². The zero-order chi connectivity index (χ0) is 7.61. The summed E-state index contributed by atoms with van der Waals surface area (Å²) in [5.74, 6) is 0.0764. The fourth-order valence-electron chi connectivity index (χ4n) is 1.18. The lowest BCUT2D eigenvalue weighted by molar-refractivity contribution is 0.578. The normalized spacial score (nSPS) is 27.1. The standard InChI is InChI=1S/C5H12N2O2S/c6-10(8,9)4-5-2-1-3-7-5/h5,7H,1-4H2,(H2,6,8,9)/t5-/m1/s1. The maximum Gasteiger partial charge on any atom is 0.210 e. The van der Waals surface area contributed by atoms with Gasteiger partial charge in [-0.25, -0.2) is 13.6 Å². The van der Waals surface area contributed by atoms with Crippen molar-refractivity contribution in [2.24, 2.45) is 5.14 Å². The Balaban J connectivity index is 2.38. The molecule has 1 heterocycles. The Hall–Kier alpha value is -0.130. The van der Waals surface area contributed by atoms with Crippen molar-refractivity contribution in [2.45, 2.75) is 18.9 Å². The quantitative estimate of drug-likeness (QED) is 0.551. The van der Waals surface area contributed by atoms with Gasteiger partial charge in [-0.1, -0.05) is 0 Å². The van der Waals surface area contributed by atoms with E-state index in [0.29, 0.717) is 0 Å². The number of hydrogen-bond acceptors (Lipinski definition) is 3. The first-order valence-corrected chi connectivity index (χ1v) is 5.03. The predicted octanol–water partition coefficient (Wildman–Crippen LogP) is -0.973. The van der Waals surface area contributed by atoms with Crippen molar-refractivity contribution in [2.75, 3.05) is 12.3 Å². The molecular formula is C5H12N2O2S. The van der Waals surface area contributed by atoms with Crippen molar-refractivity contribution in [3.63, 3.8) is 0 Å². The second-order valence-electron chi connectivity index (χ2n) is 2.62. The van der Waals surface area contributed by atoms with Crippen LogP contribution >= 0.6 is 0 Å². The fourth-order valence-corrected chi connectivity index (χ4v) is 2.02. The van der Waals surface area contributed by atoms with E-state index in [1.54, 1.807) is 0 Å². The van der Waals surface area contributed by atoms with Gasteiger partial charge < -0.3 is 5.32 Å². The van der Waals surface area contributed by atoms with Crippen LogP contribution in [-0.4, -0.2) is 26.8 Å². The molecular weight excluding hydrogens is 152 g/mol. The van der Waals surface area contributed by atoms with Crippen LogP contribution in [0.4, 0.5) is 0 Å². The summed E-state index contributed by atoms with van der Waals surface area (Å²) in [5.41, 5.74) is 0. The van der Waals surface area contributed by atoms with Crippen LogP contribution in [0.15, 0.2) is 0 Å². The molecule has 0 saturated carbocycles. The molecule has 0 radical (unpaired) electrons. The highest BCUT2D eigenvalue weighted by Crippen LogP contribution is 2.05. The van der Waals surface area contributed by atoms with Crippen molar-refractivity contribution >= 4 is 10.0 Å². The molecule has 60 valence electrons. The van der Waals surface area contributed by atoms with E-state index >= 15 is 0 Å². The fraction of sp³-hybridized carbons (Fsp3) is 1.00. The first-order valence-electron chi connectivity index (χ1n) is 3.32. The highest BCUT2D eigenvalue weighted by Gasteiger charge is 2.18. The Morgan fingerprint density at radius 3 is 2.70 bits per heavy atom. The van der Waals surface area contributed by atoms with E-state index in [1.807, 2.05) is 0 Å². The molecule has 4 nitrogen and oxygen atoms in total. The Morgan fingerprint density at radius 2 is 2.30 bits per heavy atom. The molecule has 1 rings (SSSR count). The molecule has 0 aromatic rings. The molecule has 1 atom stereocenters. The van der Waals surface area contributed by atoms with Gasteiger partial charge >= 0.3 is 0 Å². The van der Waals surface area contributed by atoms with Gasteiger partial charge in [-0.3, -0.25) is 0 Å². The highest BCUT2D eigenvalue weighted by atomic mass is 32.2. The van der Waals surface area contributed by atoms with E-state index in [4.69, 9.17) is 5.14 Å². The Morgan fingerprint density at radius 1 is 1.60 bits per heavy atom. The second-order valence-corrected chi connectivity index (χ2v) is 4.28. The minimum Gasteiger partial charge on any atom is -0.313 e. The van der Waals surface area contributed by atoms with Crippen LogP contribution in [0, 0.1) is 0 Å². The third-order valence-electron chi connectivity index (χ3n) is 1.60. The number of hydrogen-bond donors (Lipinski definition) is 2. The molecule has 1 aliphatic heterocycles. The van der Waals surface area contributed by atoms with E-state index in [1.165, 1.54) is 0 Å². The Bertz CT molecular complexity index is 194. The first-order chi connectivity index (χ1) is 4.58. The Kier molecular flexibility index (Phi) is 2.28. The predicted molar refractivity (Wildman–Crippen MR) is 39.0 cm³/mol. The molecule has 1 saturated heterocycles. The van der Waals surface area contributed by atoms with Gasteiger partial charge in [-0.15, -0.1) is 0 Å². The minimum absolute atomic E-state index is 0.0764. The molecule has 0 aromatic carbocycles. The third kappa shape index (κ3) is 2.64. The summed E-state index contributed by atoms with van der Waals surface area (Å²) in [7, 11) is -3.27. The van der Waals surface area contributed by atoms with Gasteiger partial charge in [0.15, 0.2) is 0 Å². The van der Waals surface area contributed by atoms with Gasteiger partial charge in [-0.2, -0.15) is 0 Å². The first kappa shape index (κ1) is 7.97. The lowest BCUT2D eigenvalue weighted by atomic mass is 10.3. The summed E-state index contributed by atoms with van der Waals surface area (Å²) in [6.07, 6.45) is 1.98. The summed E-state index contributed by atoms with van der Waals surface area (Å²) in [6.45, 7) is 0.917. The zero-order valence-electron chi connectivity index (χ0n) is 5.71. The molecule has 1 fully saturated rings. The van der Waals surface area contributed by atoms with Gasteiger partial charge in [0, 0.05) is 6.04 Å². The molecule has 0 spiro atoms. The molecule has 0 aromatic heterocycles. The number of sulfonamides is 1. The van der Waals surface area contributed by atoms with E-state index in [2.05, 4.69) is 5.32 Å². The molecule has 3 N–H and O–H groups in total. The highest BCUT2D eigenvalue weighted by molar-refractivity contribution is 7.89. The van der Waals surface area contributed by atoms with Crippen molar-refractivity contribution in [3.05, 3.63) is 0 Å². The van der Waals surface area contributed by atoms with Crippen LogP contribution in [-0.2, 0) is 10.0 Å². The summed E-state index contributed by atoms with van der Waals surface area (Å²) in [4.78, 5) is 0. The number of primary sulfonamides is 1. The smallest absolute Gasteiger partial charge is 0.210 e. The van der Waals surface area contributed by atoms with Crippen molar-refractivity contribution in [3.8, 4) is 0 Å². The van der Waals surface area contributed by atoms with Crippen molar-refractivity contribution < 1.29 is 8.42 Å². The van der Waals surface area contributed by atoms with E-state index in [0.717, 1.165) is 19.4 Å². The zero-order valence-corrected chi connectivity index (χ0v) is 6.52. The maximum absolute atomic E-state index is 10.5. The Labute approximate surface area is 60.8 Å². The average Bonchev–Trinajstić information content (AvgIpc) is 2.12. The van der Waals surface area contributed by atoms with Crippen LogP contribution in [0.25, 0.3) is 0 Å². The van der Waals surface area contributed by atoms with Gasteiger partial charge in [0.1, 0.15) is 0 Å². The van der Waals surface area contributed by atoms with Gasteiger partial charge in [0.2, 0.25) is 10.0 Å². The van der Waals surface area contributed by atoms with E-state index in [-0.39, 0.29) is 11.8 Å². The monoisotopic (exact) mass is 164 g/mol. The molecule has 0 bridgehead atoms. The summed E-state index contributed by atoms with van der Waals surface area (Å²) >= 11 is 0. The number of nitrogens with one attached hydrogen (secondary N) is 1. The van der Waals surface area contributed by atoms with Crippen molar-refractivity contribution in [1.29, 1.82) is 0 Å². The van der Waals surface area contributed by atoms with Crippen LogP contribution in [0.1, 0.15) is 12.8 Å². The molecule has 5 heteroatoms. The molecule has 0 aliphatic carbocycles. The summed E-state index contributed by atoms with van der Waals surface area (Å²) in [5, 5.41) is 7.90. The van der Waals surface area contributed by atoms with Gasteiger partial charge in [0.25, 0.3) is 0 Å². The van der Waals surface area contributed by atoms with Crippen LogP contribution < -0.4 is 10.5 Å². The van der Waals surface area contributed by atoms with E-state index < -0.39 is 10.0 Å². The van der Waals surface area contributed by atoms with Crippen molar-refractivity contribution in [1.82, 2.24) is 5.32 Å². The lowest BCUT2D eigenvalue weighted by Gasteiger charge is -2.06. The van der Waals surface area contributed by atoms with Crippen LogP contribution in [0.2, 0.25) is 0 Å². The van der Waals surface area contributed by atoms with Gasteiger partial charge in [-0.05, 0) is 19.4 Å². The largest absolute Gasteiger partial charge is 0.313 e. The molecule has 1 aliphatic rings. The number of nitrogens with two attached hydrogens (primary N) is 1. The van der Waals surface area contributed by atoms with E-state index in [9.17, 15) is 8.42 Å². The molecule has 0 amide bonds. The third-order valence-corrected chi connectivity index (χ3v) is 2.46. The average molecular weight is 164 g/mol. The second kappa shape index (κ2) is 2.86. The maximum atomic E-state index is 10.5. The summed E-state index contributed by atoms with van der Waals surface area (Å²) < 4.78 is 21.0. The number of rotatable bonds is 2. The van der Waals surface area contributed by atoms with Gasteiger partial charge in [0.05, 0.1) is 5.75 Å². The summed E-state index contributed by atoms with van der Waals surface area (Å²) in [6, 6.07) is 0.0926. The molecule has 0 unspecified atom stereocenters. The topological polar surface area (TPSA) is 72.2 Å². The van der Waals surface area contributed by atoms with Crippen LogP contribution in [0.3, 0.4) is 0 Å². The lowest BCUT2D eigenvalue weighted by Crippen LogP contribution is -2.33. The molecule has 10 heavy (non-hydrogen) atoms.